The molecule has 0 radical (unpaired) electrons. The molecule has 0 saturated carbocycles. The van der Waals surface area contributed by atoms with Crippen molar-refractivity contribution in [1.29, 1.82) is 0 Å². The summed E-state index contributed by atoms with van der Waals surface area (Å²) in [6.45, 7) is 0. The van der Waals surface area contributed by atoms with Gasteiger partial charge >= 0.3 is 6.30 Å². The van der Waals surface area contributed by atoms with Gasteiger partial charge in [-0.25, -0.2) is 0 Å². The van der Waals surface area contributed by atoms with Crippen LogP contribution < -0.4 is 5.32 Å². The van der Waals surface area contributed by atoms with E-state index in [4.69, 9.17) is 0 Å². The predicted molar refractivity (Wildman–Crippen MR) is 103 cm³/mol. The van der Waals surface area contributed by atoms with Crippen molar-refractivity contribution in [3.63, 3.8) is 0 Å². The van der Waals surface area contributed by atoms with Crippen LogP contribution in [0.25, 0.3) is 32.3 Å². The van der Waals surface area contributed by atoms with E-state index in [0.29, 0.717) is 9.86 Å². The molecule has 0 aliphatic carbocycles. The second kappa shape index (κ2) is 5.47. The highest BCUT2D eigenvalue weighted by Gasteiger charge is 2.28. The van der Waals surface area contributed by atoms with Gasteiger partial charge in [0.1, 0.15) is 0 Å². The summed E-state index contributed by atoms with van der Waals surface area (Å²) in [6, 6.07) is 10.9. The lowest BCUT2D eigenvalue weighted by atomic mass is 9.93. The predicted octanol–water partition coefficient (Wildman–Crippen LogP) is 7.80. The number of halogens is 6. The fourth-order valence-corrected chi connectivity index (χ4v) is 5.11. The van der Waals surface area contributed by atoms with Crippen LogP contribution in [0.2, 0.25) is 0 Å². The van der Waals surface area contributed by atoms with Gasteiger partial charge in [0.05, 0.1) is 5.69 Å². The van der Waals surface area contributed by atoms with Crippen LogP contribution in [0.15, 0.2) is 49.8 Å². The summed E-state index contributed by atoms with van der Waals surface area (Å²) in [5, 5.41) is 6.71. The molecule has 1 nitrogen and oxygen atoms in total. The minimum atomic E-state index is -4.50. The van der Waals surface area contributed by atoms with Crippen molar-refractivity contribution in [2.75, 3.05) is 5.32 Å². The number of hydrogen-bond acceptors (Lipinski definition) is 1. The third kappa shape index (κ3) is 2.48. The molecule has 0 aromatic heterocycles. The van der Waals surface area contributed by atoms with Crippen molar-refractivity contribution in [2.24, 2.45) is 0 Å². The topological polar surface area (TPSA) is 12.0 Å². The van der Waals surface area contributed by atoms with Crippen molar-refractivity contribution in [3.05, 3.63) is 49.8 Å². The first-order valence-corrected chi connectivity index (χ1v) is 9.24. The molecule has 0 heterocycles. The van der Waals surface area contributed by atoms with Crippen LogP contribution in [-0.2, 0) is 0 Å². The van der Waals surface area contributed by atoms with Gasteiger partial charge in [-0.05, 0) is 33.7 Å². The average Bonchev–Trinajstić information content (AvgIpc) is 2.48. The Morgan fingerprint density at radius 3 is 1.58 bits per heavy atom. The lowest BCUT2D eigenvalue weighted by Crippen LogP contribution is -2.20. The minimum absolute atomic E-state index is 0.0346. The first-order chi connectivity index (χ1) is 11.3. The quantitative estimate of drug-likeness (QED) is 0.199. The van der Waals surface area contributed by atoms with Crippen molar-refractivity contribution in [3.8, 4) is 0 Å². The van der Waals surface area contributed by atoms with E-state index in [0.717, 1.165) is 35.9 Å². The van der Waals surface area contributed by atoms with Gasteiger partial charge in [-0.1, -0.05) is 72.1 Å². The van der Waals surface area contributed by atoms with E-state index >= 15 is 0 Å². The second-order valence-electron chi connectivity index (χ2n) is 5.44. The van der Waals surface area contributed by atoms with Gasteiger partial charge in [0.15, 0.2) is 0 Å². The molecule has 1 N–H and O–H groups in total. The van der Waals surface area contributed by atoms with E-state index in [2.05, 4.69) is 47.8 Å². The standard InChI is InChI=1S/C17H7Br3F3N/c18-11-5-12(19)8-3-4-10-14(24-17(21,22)23)6-13(20)9-2-1-7(11)15(8)16(9)10/h1-6,24H. The van der Waals surface area contributed by atoms with Crippen LogP contribution in [-0.4, -0.2) is 6.30 Å². The normalized spacial score (nSPS) is 12.6. The number of anilines is 1. The summed E-state index contributed by atoms with van der Waals surface area (Å²) in [7, 11) is 0. The van der Waals surface area contributed by atoms with Gasteiger partial charge in [0, 0.05) is 24.2 Å². The highest BCUT2D eigenvalue weighted by Crippen LogP contribution is 2.45. The first-order valence-electron chi connectivity index (χ1n) is 6.86. The van der Waals surface area contributed by atoms with Gasteiger partial charge in [0.2, 0.25) is 0 Å². The SMILES string of the molecule is FC(F)(F)Nc1cc(Br)c2ccc3c(Br)cc(Br)c4ccc1c2c34. The van der Waals surface area contributed by atoms with E-state index in [9.17, 15) is 13.2 Å². The fraction of sp³-hybridized carbons (Fsp3) is 0.0588. The maximum atomic E-state index is 12.9. The zero-order chi connectivity index (χ0) is 17.2. The molecule has 0 amide bonds. The summed E-state index contributed by atoms with van der Waals surface area (Å²) in [4.78, 5) is 0. The first kappa shape index (κ1) is 16.4. The van der Waals surface area contributed by atoms with Gasteiger partial charge in [0.25, 0.3) is 0 Å². The Morgan fingerprint density at radius 1 is 0.667 bits per heavy atom. The molecule has 0 fully saturated rings. The number of alkyl halides is 3. The summed E-state index contributed by atoms with van der Waals surface area (Å²) in [6.07, 6.45) is -4.50. The Bertz CT molecular complexity index is 1080. The van der Waals surface area contributed by atoms with Crippen LogP contribution in [0.3, 0.4) is 0 Å². The van der Waals surface area contributed by atoms with Gasteiger partial charge in [-0.15, -0.1) is 0 Å². The number of rotatable bonds is 1. The molecule has 0 unspecified atom stereocenters. The lowest BCUT2D eigenvalue weighted by molar-refractivity contribution is -0.0998. The maximum Gasteiger partial charge on any atom is 0.482 e. The second-order valence-corrected chi connectivity index (χ2v) is 8.00. The Balaban J connectivity index is 2.24. The van der Waals surface area contributed by atoms with Gasteiger partial charge < -0.3 is 0 Å². The third-order valence-corrected chi connectivity index (χ3v) is 5.99. The molecule has 0 spiro atoms. The Hall–Kier alpha value is -1.05. The van der Waals surface area contributed by atoms with E-state index in [1.165, 1.54) is 6.07 Å². The Kier molecular flexibility index (Phi) is 3.75. The number of hydrogen-bond donors (Lipinski definition) is 1. The Morgan fingerprint density at radius 2 is 1.08 bits per heavy atom. The van der Waals surface area contributed by atoms with Crippen LogP contribution >= 0.6 is 47.8 Å². The van der Waals surface area contributed by atoms with E-state index in [-0.39, 0.29) is 5.69 Å². The van der Waals surface area contributed by atoms with Gasteiger partial charge in [-0.3, -0.25) is 5.32 Å². The van der Waals surface area contributed by atoms with E-state index in [1.54, 1.807) is 11.4 Å². The maximum absolute atomic E-state index is 12.9. The number of nitrogens with one attached hydrogen (secondary N) is 1. The monoisotopic (exact) mass is 519 g/mol. The average molecular weight is 522 g/mol. The highest BCUT2D eigenvalue weighted by molar-refractivity contribution is 9.11. The molecule has 0 aliphatic rings. The zero-order valence-electron chi connectivity index (χ0n) is 11.7. The molecule has 24 heavy (non-hydrogen) atoms. The zero-order valence-corrected chi connectivity index (χ0v) is 16.5. The third-order valence-electron chi connectivity index (χ3n) is 4.02. The molecule has 0 saturated heterocycles. The molecular weight excluding hydrogens is 515 g/mol. The fourth-order valence-electron chi connectivity index (χ4n) is 3.12. The van der Waals surface area contributed by atoms with Crippen molar-refractivity contribution in [1.82, 2.24) is 0 Å². The Labute approximate surface area is 159 Å². The summed E-state index contributed by atoms with van der Waals surface area (Å²) in [5.41, 5.74) is 0.0346. The molecule has 4 aromatic rings. The molecule has 7 heteroatoms. The summed E-state index contributed by atoms with van der Waals surface area (Å²) >= 11 is 10.5. The molecule has 4 aromatic carbocycles. The van der Waals surface area contributed by atoms with Crippen LogP contribution in [0.5, 0.6) is 0 Å². The molecule has 0 atom stereocenters. The largest absolute Gasteiger partial charge is 0.482 e. The molecular formula is C17H7Br3F3N. The number of benzene rings is 4. The minimum Gasteiger partial charge on any atom is -0.297 e. The smallest absolute Gasteiger partial charge is 0.297 e. The molecule has 0 aliphatic heterocycles. The van der Waals surface area contributed by atoms with E-state index < -0.39 is 6.30 Å². The molecule has 122 valence electrons. The highest BCUT2D eigenvalue weighted by atomic mass is 79.9. The van der Waals surface area contributed by atoms with E-state index in [1.807, 2.05) is 24.3 Å². The van der Waals surface area contributed by atoms with Crippen LogP contribution in [0.4, 0.5) is 18.9 Å². The van der Waals surface area contributed by atoms with Crippen molar-refractivity contribution >= 4 is 85.8 Å². The summed E-state index contributed by atoms with van der Waals surface area (Å²) < 4.78 is 41.0. The van der Waals surface area contributed by atoms with Crippen molar-refractivity contribution in [2.45, 2.75) is 6.30 Å². The van der Waals surface area contributed by atoms with Crippen molar-refractivity contribution < 1.29 is 13.2 Å². The molecule has 0 bridgehead atoms. The van der Waals surface area contributed by atoms with Gasteiger partial charge in [-0.2, -0.15) is 13.2 Å². The van der Waals surface area contributed by atoms with Crippen LogP contribution in [0, 0.1) is 0 Å². The molecule has 4 rings (SSSR count). The van der Waals surface area contributed by atoms with Crippen LogP contribution in [0.1, 0.15) is 0 Å². The lowest BCUT2D eigenvalue weighted by Gasteiger charge is -2.18. The summed E-state index contributed by atoms with van der Waals surface area (Å²) in [5.74, 6) is 0.